The third-order valence-corrected chi connectivity index (χ3v) is 4.14. The highest BCUT2D eigenvalue weighted by atomic mass is 127. The van der Waals surface area contributed by atoms with Gasteiger partial charge < -0.3 is 0 Å². The lowest BCUT2D eigenvalue weighted by molar-refractivity contribution is 0.149. The maximum Gasteiger partial charge on any atom is 0.0654 e. The van der Waals surface area contributed by atoms with Crippen LogP contribution in [0.1, 0.15) is 0 Å². The molecule has 0 unspecified atom stereocenters. The summed E-state index contributed by atoms with van der Waals surface area (Å²) >= 11 is 3.71. The first-order valence-electron chi connectivity index (χ1n) is 0.706. The summed E-state index contributed by atoms with van der Waals surface area (Å²) < 4.78 is 0.998. The van der Waals surface area contributed by atoms with E-state index in [1.165, 1.54) is 9.12 Å². The third kappa shape index (κ3) is 5.73. The lowest BCUT2D eigenvalue weighted by Crippen LogP contribution is -1.82. The first-order chi connectivity index (χ1) is 2.27. The van der Waals surface area contributed by atoms with Crippen LogP contribution in [0.4, 0.5) is 0 Å². The molecule has 5 heteroatoms. The second-order valence-corrected chi connectivity index (χ2v) is 3.53. The zero-order valence-corrected chi connectivity index (χ0v) is 7.19. The molecule has 0 saturated heterocycles. The van der Waals surface area contributed by atoms with E-state index >= 15 is 0 Å². The lowest BCUT2D eigenvalue weighted by Gasteiger charge is -1.90. The number of halogens is 2. The average Bonchev–Trinajstić information content (AvgIpc) is 1.38. The molecule has 1 N–H and O–H groups in total. The smallest absolute Gasteiger partial charge is 0.0654 e. The summed E-state index contributed by atoms with van der Waals surface area (Å²) in [6.45, 7) is 0. The number of rotatable bonds is 1. The second-order valence-electron chi connectivity index (χ2n) is 0.295. The van der Waals surface area contributed by atoms with E-state index < -0.39 is 0 Å². The molecule has 32 valence electrons. The molecule has 0 aliphatic heterocycles. The van der Waals surface area contributed by atoms with Crippen molar-refractivity contribution in [3.05, 3.63) is 0 Å². The van der Waals surface area contributed by atoms with Crippen molar-refractivity contribution < 1.29 is 5.21 Å². The van der Waals surface area contributed by atoms with Gasteiger partial charge in [-0.2, -0.15) is 0 Å². The van der Waals surface area contributed by atoms with Gasteiger partial charge in [-0.1, -0.05) is 2.68 Å². The Morgan fingerprint density at radius 1 is 1.80 bits per heavy atom. The molecule has 0 aliphatic carbocycles. The zero-order valence-electron chi connectivity index (χ0n) is 2.06. The summed E-state index contributed by atoms with van der Waals surface area (Å²) in [5.74, 6) is 0. The van der Waals surface area contributed by atoms with Gasteiger partial charge in [0, 0.05) is 30.3 Å². The van der Waals surface area contributed by atoms with Gasteiger partial charge in [-0.05, 0) is 0 Å². The van der Waals surface area contributed by atoms with Crippen LogP contribution < -0.4 is 0 Å². The standard InChI is InChI=1S/HI2NOS/c1-3(4)5-2/h4H. The highest BCUT2D eigenvalue weighted by Crippen LogP contribution is 2.18. The highest BCUT2D eigenvalue weighted by Gasteiger charge is 1.81. The van der Waals surface area contributed by atoms with E-state index in [1.54, 1.807) is 22.9 Å². The van der Waals surface area contributed by atoms with E-state index in [0.717, 1.165) is 2.68 Å². The van der Waals surface area contributed by atoms with Gasteiger partial charge in [0.1, 0.15) is 0 Å². The van der Waals surface area contributed by atoms with Crippen LogP contribution in [-0.2, 0) is 0 Å². The lowest BCUT2D eigenvalue weighted by atomic mass is 13.5. The van der Waals surface area contributed by atoms with Gasteiger partial charge in [0.2, 0.25) is 0 Å². The number of hydrogen-bond donors (Lipinski definition) is 1. The Morgan fingerprint density at radius 3 is 2.00 bits per heavy atom. The van der Waals surface area contributed by atoms with Gasteiger partial charge in [0.05, 0.1) is 22.9 Å². The van der Waals surface area contributed by atoms with E-state index in [2.05, 4.69) is 0 Å². The van der Waals surface area contributed by atoms with Crippen LogP contribution in [0.15, 0.2) is 0 Å². The van der Waals surface area contributed by atoms with Gasteiger partial charge in [-0.25, -0.2) is 0 Å². The minimum atomic E-state index is 0.998. The van der Waals surface area contributed by atoms with Crippen molar-refractivity contribution >= 4 is 53.2 Å². The maximum absolute atomic E-state index is 8.14. The predicted molar refractivity (Wildman–Crippen MR) is 39.3 cm³/mol. The molecule has 0 rings (SSSR count). The molecule has 0 spiro atoms. The Balaban J connectivity index is 2.54. The largest absolute Gasteiger partial charge is 0.293 e. The molecule has 0 radical (unpaired) electrons. The van der Waals surface area contributed by atoms with Gasteiger partial charge in [0.15, 0.2) is 0 Å². The molecule has 0 aliphatic rings. The van der Waals surface area contributed by atoms with Gasteiger partial charge in [-0.15, -0.1) is 0 Å². The quantitative estimate of drug-likeness (QED) is 0.346. The minimum Gasteiger partial charge on any atom is -0.293 e. The Labute approximate surface area is 60.5 Å². The van der Waals surface area contributed by atoms with Crippen molar-refractivity contribution in [3.8, 4) is 0 Å². The molecule has 0 bridgehead atoms. The molecular formula is HI2NOS. The Hall–Kier alpha value is 1.73. The number of nitrogens with zero attached hydrogens (tertiary/aromatic N) is 1. The van der Waals surface area contributed by atoms with Crippen LogP contribution in [0, 0.1) is 0 Å². The first-order valence-corrected chi connectivity index (χ1v) is 4.99. The van der Waals surface area contributed by atoms with Gasteiger partial charge >= 0.3 is 0 Å². The van der Waals surface area contributed by atoms with Crippen molar-refractivity contribution in [3.63, 3.8) is 0 Å². The molecule has 0 atom stereocenters. The fraction of sp³-hybridized carbons (Fsp3) is 0. The molecule has 0 aromatic carbocycles. The Morgan fingerprint density at radius 2 is 2.00 bits per heavy atom. The Kier molecular flexibility index (Phi) is 5.26. The first kappa shape index (κ1) is 6.73. The number of hydrogen-bond acceptors (Lipinski definition) is 3. The molecule has 0 aromatic rings. The summed E-state index contributed by atoms with van der Waals surface area (Å²) in [4.78, 5) is 0. The fourth-order valence-corrected chi connectivity index (χ4v) is 0. The molecule has 0 amide bonds. The van der Waals surface area contributed by atoms with E-state index in [-0.39, 0.29) is 0 Å². The van der Waals surface area contributed by atoms with Crippen LogP contribution in [0.3, 0.4) is 0 Å². The summed E-state index contributed by atoms with van der Waals surface area (Å²) in [6, 6.07) is 0. The second kappa shape index (κ2) is 3.90. The van der Waals surface area contributed by atoms with Crippen LogP contribution >= 0.6 is 53.2 Å². The molecule has 0 fully saturated rings. The van der Waals surface area contributed by atoms with Crippen LogP contribution in [-0.4, -0.2) is 7.89 Å². The zero-order chi connectivity index (χ0) is 4.28. The molecule has 0 aromatic heterocycles. The Bertz CT molecular complexity index is 23.6. The van der Waals surface area contributed by atoms with E-state index in [1.807, 2.05) is 21.2 Å². The normalized spacial score (nSPS) is 9.60. The van der Waals surface area contributed by atoms with Gasteiger partial charge in [0.25, 0.3) is 0 Å². The maximum atomic E-state index is 8.14. The fourth-order valence-electron chi connectivity index (χ4n) is 0. The van der Waals surface area contributed by atoms with Crippen LogP contribution in [0.2, 0.25) is 0 Å². The monoisotopic (exact) mass is 317 g/mol. The summed E-state index contributed by atoms with van der Waals surface area (Å²) in [5.41, 5.74) is 0. The molecule has 0 heterocycles. The average molecular weight is 317 g/mol. The SMILES string of the molecule is ON(I)SI. The van der Waals surface area contributed by atoms with E-state index in [9.17, 15) is 0 Å². The molecule has 0 saturated carbocycles. The molecule has 2 nitrogen and oxygen atoms in total. The summed E-state index contributed by atoms with van der Waals surface area (Å²) in [5, 5.41) is 8.14. The summed E-state index contributed by atoms with van der Waals surface area (Å²) in [6.07, 6.45) is 0. The molecule has 5 heavy (non-hydrogen) atoms. The van der Waals surface area contributed by atoms with E-state index in [4.69, 9.17) is 5.21 Å². The van der Waals surface area contributed by atoms with Crippen molar-refractivity contribution in [1.82, 2.24) is 2.68 Å². The molecular weight excluding hydrogens is 316 g/mol. The third-order valence-electron chi connectivity index (χ3n) is 0.0569. The van der Waals surface area contributed by atoms with Crippen LogP contribution in [0.25, 0.3) is 0 Å². The van der Waals surface area contributed by atoms with E-state index in [0.29, 0.717) is 0 Å². The van der Waals surface area contributed by atoms with Crippen molar-refractivity contribution in [2.75, 3.05) is 0 Å². The predicted octanol–water partition coefficient (Wildman–Crippen LogP) is 2.03. The highest BCUT2D eigenvalue weighted by molar-refractivity contribution is 14.2. The van der Waals surface area contributed by atoms with Crippen molar-refractivity contribution in [2.24, 2.45) is 0 Å². The topological polar surface area (TPSA) is 23.5 Å². The van der Waals surface area contributed by atoms with Crippen LogP contribution in [0.5, 0.6) is 0 Å². The van der Waals surface area contributed by atoms with Crippen molar-refractivity contribution in [1.29, 1.82) is 0 Å². The van der Waals surface area contributed by atoms with Crippen molar-refractivity contribution in [2.45, 2.75) is 0 Å². The van der Waals surface area contributed by atoms with Gasteiger partial charge in [-0.3, -0.25) is 5.21 Å². The summed E-state index contributed by atoms with van der Waals surface area (Å²) in [7, 11) is 1.23. The minimum absolute atomic E-state index is 0.998.